The van der Waals surface area contributed by atoms with E-state index in [0.717, 1.165) is 23.7 Å². The van der Waals surface area contributed by atoms with Crippen molar-refractivity contribution in [3.8, 4) is 0 Å². The van der Waals surface area contributed by atoms with Crippen LogP contribution in [0.5, 0.6) is 0 Å². The Kier molecular flexibility index (Phi) is 3.00. The Morgan fingerprint density at radius 3 is 2.31 bits per heavy atom. The summed E-state index contributed by atoms with van der Waals surface area (Å²) >= 11 is 0. The van der Waals surface area contributed by atoms with Crippen molar-refractivity contribution >= 4 is 5.69 Å². The lowest BCUT2D eigenvalue weighted by atomic mass is 9.47. The Balaban J connectivity index is 1.62. The molecule has 0 saturated heterocycles. The predicted molar refractivity (Wildman–Crippen MR) is 105 cm³/mol. The average molecular weight is 345 g/mol. The smallest absolute Gasteiger partial charge is 0.0890 e. The molecule has 4 saturated carbocycles. The van der Waals surface area contributed by atoms with Crippen LogP contribution in [0.1, 0.15) is 61.9 Å². The molecule has 1 aromatic carbocycles. The summed E-state index contributed by atoms with van der Waals surface area (Å²) < 4.78 is 0. The van der Waals surface area contributed by atoms with Gasteiger partial charge in [-0.2, -0.15) is 0 Å². The number of hydrogen-bond acceptors (Lipinski definition) is 2. The highest BCUT2D eigenvalue weighted by molar-refractivity contribution is 5.63. The summed E-state index contributed by atoms with van der Waals surface area (Å²) in [5.74, 6) is 3.50. The minimum absolute atomic E-state index is 0.134. The fourth-order valence-corrected chi connectivity index (χ4v) is 7.59. The Morgan fingerprint density at radius 2 is 1.62 bits per heavy atom. The van der Waals surface area contributed by atoms with Crippen LogP contribution in [0.4, 0.5) is 5.69 Å². The molecule has 2 nitrogen and oxygen atoms in total. The van der Waals surface area contributed by atoms with E-state index in [1.54, 1.807) is 0 Å². The second-order valence-corrected chi connectivity index (χ2v) is 9.40. The first kappa shape index (κ1) is 15.2. The van der Waals surface area contributed by atoms with Gasteiger partial charge in [-0.15, -0.1) is 0 Å². The molecule has 0 unspecified atom stereocenters. The number of aromatic nitrogens is 1. The summed E-state index contributed by atoms with van der Waals surface area (Å²) in [6.07, 6.45) is 9.20. The maximum atomic E-state index is 5.07. The van der Waals surface area contributed by atoms with E-state index in [1.165, 1.54) is 54.6 Å². The second-order valence-electron chi connectivity index (χ2n) is 9.40. The van der Waals surface area contributed by atoms with Crippen molar-refractivity contribution in [2.75, 3.05) is 4.90 Å². The summed E-state index contributed by atoms with van der Waals surface area (Å²) in [5.41, 5.74) is 5.87. The summed E-state index contributed by atoms with van der Waals surface area (Å²) in [6, 6.07) is 13.9. The van der Waals surface area contributed by atoms with Crippen LogP contribution in [0.3, 0.4) is 0 Å². The van der Waals surface area contributed by atoms with Crippen LogP contribution in [0.15, 0.2) is 42.6 Å². The Morgan fingerprint density at radius 1 is 0.923 bits per heavy atom. The van der Waals surface area contributed by atoms with Crippen molar-refractivity contribution in [1.29, 1.82) is 0 Å². The molecule has 4 aliphatic carbocycles. The van der Waals surface area contributed by atoms with Gasteiger partial charge >= 0.3 is 0 Å². The van der Waals surface area contributed by atoms with Gasteiger partial charge in [0.15, 0.2) is 0 Å². The molecule has 5 aliphatic rings. The van der Waals surface area contributed by atoms with Crippen LogP contribution < -0.4 is 4.90 Å². The molecule has 2 heterocycles. The van der Waals surface area contributed by atoms with Gasteiger partial charge in [-0.1, -0.05) is 24.3 Å². The zero-order valence-corrected chi connectivity index (χ0v) is 15.9. The lowest BCUT2D eigenvalue weighted by molar-refractivity contribution is -0.0619. The van der Waals surface area contributed by atoms with Crippen LogP contribution in [-0.4, -0.2) is 4.98 Å². The number of aryl methyl sites for hydroxylation is 1. The molecule has 2 aromatic rings. The quantitative estimate of drug-likeness (QED) is 0.667. The SMILES string of the molecule is Cc1ccccc1N1[C@@H](C)c2cccnc2C12C1CC3CC(C1)CC2C3. The van der Waals surface area contributed by atoms with E-state index in [2.05, 4.69) is 55.1 Å². The minimum Gasteiger partial charge on any atom is -0.353 e. The van der Waals surface area contributed by atoms with Crippen molar-refractivity contribution in [2.24, 2.45) is 23.7 Å². The first-order valence-corrected chi connectivity index (χ1v) is 10.5. The van der Waals surface area contributed by atoms with E-state index in [4.69, 9.17) is 4.98 Å². The van der Waals surface area contributed by atoms with Gasteiger partial charge in [0.05, 0.1) is 17.3 Å². The van der Waals surface area contributed by atoms with Gasteiger partial charge in [-0.05, 0) is 92.9 Å². The highest BCUT2D eigenvalue weighted by Crippen LogP contribution is 2.68. The van der Waals surface area contributed by atoms with E-state index < -0.39 is 0 Å². The topological polar surface area (TPSA) is 16.1 Å². The molecule has 7 rings (SSSR count). The monoisotopic (exact) mass is 344 g/mol. The lowest BCUT2D eigenvalue weighted by Gasteiger charge is -2.63. The van der Waals surface area contributed by atoms with E-state index >= 15 is 0 Å². The normalized spacial score (nSPS) is 39.6. The van der Waals surface area contributed by atoms with Gasteiger partial charge < -0.3 is 4.90 Å². The number of para-hydroxylation sites is 1. The van der Waals surface area contributed by atoms with E-state index in [0.29, 0.717) is 6.04 Å². The molecule has 0 amide bonds. The third-order valence-electron chi connectivity index (χ3n) is 8.21. The molecule has 4 fully saturated rings. The van der Waals surface area contributed by atoms with E-state index in [9.17, 15) is 0 Å². The fraction of sp³-hybridized carbons (Fsp3) is 0.542. The van der Waals surface area contributed by atoms with Crippen molar-refractivity contribution < 1.29 is 0 Å². The molecular weight excluding hydrogens is 316 g/mol. The highest BCUT2D eigenvalue weighted by Gasteiger charge is 2.65. The van der Waals surface area contributed by atoms with Crippen LogP contribution in [0, 0.1) is 30.6 Å². The summed E-state index contributed by atoms with van der Waals surface area (Å²) in [6.45, 7) is 4.69. The maximum absolute atomic E-state index is 5.07. The largest absolute Gasteiger partial charge is 0.353 e. The highest BCUT2D eigenvalue weighted by atomic mass is 15.3. The summed E-state index contributed by atoms with van der Waals surface area (Å²) in [4.78, 5) is 7.90. The molecule has 4 bridgehead atoms. The zero-order chi connectivity index (χ0) is 17.5. The van der Waals surface area contributed by atoms with Crippen LogP contribution >= 0.6 is 0 Å². The molecule has 1 atom stereocenters. The fourth-order valence-electron chi connectivity index (χ4n) is 7.59. The Bertz CT molecular complexity index is 842. The van der Waals surface area contributed by atoms with Gasteiger partial charge in [0.25, 0.3) is 0 Å². The number of fused-ring (bicyclic) bond motifs is 1. The molecule has 0 radical (unpaired) electrons. The zero-order valence-electron chi connectivity index (χ0n) is 15.9. The molecule has 1 aliphatic heterocycles. The third-order valence-corrected chi connectivity index (χ3v) is 8.21. The second kappa shape index (κ2) is 5.12. The number of pyridine rings is 1. The molecule has 0 N–H and O–H groups in total. The predicted octanol–water partition coefficient (Wildman–Crippen LogP) is 5.62. The maximum Gasteiger partial charge on any atom is 0.0890 e. The van der Waals surface area contributed by atoms with E-state index in [1.807, 2.05) is 6.20 Å². The van der Waals surface area contributed by atoms with Gasteiger partial charge in [0, 0.05) is 11.9 Å². The van der Waals surface area contributed by atoms with Crippen molar-refractivity contribution in [3.05, 3.63) is 59.4 Å². The number of rotatable bonds is 1. The van der Waals surface area contributed by atoms with Gasteiger partial charge in [-0.25, -0.2) is 0 Å². The number of hydrogen-bond donors (Lipinski definition) is 0. The Labute approximate surface area is 156 Å². The summed E-state index contributed by atoms with van der Waals surface area (Å²) in [7, 11) is 0. The van der Waals surface area contributed by atoms with Crippen molar-refractivity contribution in [3.63, 3.8) is 0 Å². The van der Waals surface area contributed by atoms with E-state index in [-0.39, 0.29) is 5.54 Å². The molecule has 1 aromatic heterocycles. The van der Waals surface area contributed by atoms with Crippen molar-refractivity contribution in [1.82, 2.24) is 4.98 Å². The average Bonchev–Trinajstić information content (AvgIpc) is 2.90. The molecule has 1 spiro atoms. The number of benzene rings is 1. The van der Waals surface area contributed by atoms with Gasteiger partial charge in [-0.3, -0.25) is 4.98 Å². The number of anilines is 1. The minimum atomic E-state index is 0.134. The number of nitrogens with zero attached hydrogens (tertiary/aromatic N) is 2. The van der Waals surface area contributed by atoms with Crippen molar-refractivity contribution in [2.45, 2.75) is 57.5 Å². The third kappa shape index (κ3) is 1.71. The summed E-state index contributed by atoms with van der Waals surface area (Å²) in [5, 5.41) is 0. The van der Waals surface area contributed by atoms with Crippen LogP contribution in [0.2, 0.25) is 0 Å². The van der Waals surface area contributed by atoms with Gasteiger partial charge in [0.2, 0.25) is 0 Å². The molecule has 2 heteroatoms. The van der Waals surface area contributed by atoms with Crippen LogP contribution in [0.25, 0.3) is 0 Å². The Hall–Kier alpha value is -1.83. The molecule has 26 heavy (non-hydrogen) atoms. The lowest BCUT2D eigenvalue weighted by Crippen LogP contribution is -2.62. The molecule has 134 valence electrons. The standard InChI is InChI=1S/C24H28N2/c1-15-6-3-4-8-22(15)26-16(2)21-7-5-9-25-23(21)24(26)19-11-17-10-18(13-19)14-20(24)12-17/h3-9,16-20H,10-14H2,1-2H3/t16-,17?,18?,19?,20?,24?/m0/s1. The van der Waals surface area contributed by atoms with Gasteiger partial charge in [0.1, 0.15) is 0 Å². The first-order chi connectivity index (χ1) is 12.7. The van der Waals surface area contributed by atoms with Crippen LogP contribution in [-0.2, 0) is 5.54 Å². The molecular formula is C24H28N2. The first-order valence-electron chi connectivity index (χ1n) is 10.5.